The predicted octanol–water partition coefficient (Wildman–Crippen LogP) is 3.51. The van der Waals surface area contributed by atoms with Gasteiger partial charge in [-0.1, -0.05) is 36.4 Å². The molecule has 2 aromatic carbocycles. The molecule has 0 saturated heterocycles. The Balaban J connectivity index is 1.97. The van der Waals surface area contributed by atoms with Gasteiger partial charge in [-0.15, -0.1) is 0 Å². The van der Waals surface area contributed by atoms with Crippen LogP contribution in [0, 0.1) is 13.8 Å². The van der Waals surface area contributed by atoms with E-state index in [4.69, 9.17) is 0 Å². The molecule has 0 aliphatic rings. The van der Waals surface area contributed by atoms with Crippen LogP contribution in [0.4, 0.5) is 5.69 Å². The first-order valence-electron chi connectivity index (χ1n) is 9.01. The summed E-state index contributed by atoms with van der Waals surface area (Å²) in [7, 11) is -1.64. The summed E-state index contributed by atoms with van der Waals surface area (Å²) in [5.41, 5.74) is 3.87. The summed E-state index contributed by atoms with van der Waals surface area (Å²) in [5.74, 6) is 0.00684. The highest BCUT2D eigenvalue weighted by molar-refractivity contribution is 7.92. The smallest absolute Gasteiger partial charge is 0.232 e. The molecule has 0 unspecified atom stereocenters. The van der Waals surface area contributed by atoms with Gasteiger partial charge in [0.25, 0.3) is 0 Å². The summed E-state index contributed by atoms with van der Waals surface area (Å²) in [5, 5.41) is 0. The summed E-state index contributed by atoms with van der Waals surface area (Å²) in [6, 6.07) is 15.4. The van der Waals surface area contributed by atoms with Crippen molar-refractivity contribution in [2.75, 3.05) is 24.2 Å². The van der Waals surface area contributed by atoms with Gasteiger partial charge in [0.1, 0.15) is 0 Å². The van der Waals surface area contributed by atoms with Crippen LogP contribution in [0.3, 0.4) is 0 Å². The fraction of sp³-hybridized carbons (Fsp3) is 0.381. The van der Waals surface area contributed by atoms with Crippen molar-refractivity contribution >= 4 is 21.6 Å². The molecular formula is C21H28N2O3S. The van der Waals surface area contributed by atoms with Gasteiger partial charge < -0.3 is 4.90 Å². The highest BCUT2D eigenvalue weighted by Gasteiger charge is 2.18. The standard InChI is InChI=1S/C21H28N2O3S/c1-17-12-13-20(15-18(17)2)23(27(4,25)26)14-8-11-21(24)22(3)16-19-9-6-5-7-10-19/h5-7,9-10,12-13,15H,8,11,14,16H2,1-4H3. The molecule has 1 amide bonds. The highest BCUT2D eigenvalue weighted by atomic mass is 32.2. The molecule has 0 atom stereocenters. The lowest BCUT2D eigenvalue weighted by molar-refractivity contribution is -0.130. The Labute approximate surface area is 162 Å². The van der Waals surface area contributed by atoms with Gasteiger partial charge in [-0.2, -0.15) is 0 Å². The number of rotatable bonds is 8. The van der Waals surface area contributed by atoms with E-state index in [1.807, 2.05) is 62.4 Å². The van der Waals surface area contributed by atoms with Crippen LogP contribution in [0.25, 0.3) is 0 Å². The summed E-state index contributed by atoms with van der Waals surface area (Å²) < 4.78 is 25.8. The molecule has 6 heteroatoms. The SMILES string of the molecule is Cc1ccc(N(CCCC(=O)N(C)Cc2ccccc2)S(C)(=O)=O)cc1C. The fourth-order valence-electron chi connectivity index (χ4n) is 2.88. The fourth-order valence-corrected chi connectivity index (χ4v) is 3.83. The first-order valence-corrected chi connectivity index (χ1v) is 10.9. The number of sulfonamides is 1. The number of aryl methyl sites for hydroxylation is 2. The van der Waals surface area contributed by atoms with Crippen LogP contribution in [0.5, 0.6) is 0 Å². The molecule has 0 bridgehead atoms. The number of hydrogen-bond acceptors (Lipinski definition) is 3. The molecule has 0 spiro atoms. The van der Waals surface area contributed by atoms with Crippen molar-refractivity contribution < 1.29 is 13.2 Å². The van der Waals surface area contributed by atoms with Crippen LogP contribution < -0.4 is 4.31 Å². The van der Waals surface area contributed by atoms with Crippen molar-refractivity contribution in [1.29, 1.82) is 0 Å². The highest BCUT2D eigenvalue weighted by Crippen LogP contribution is 2.22. The van der Waals surface area contributed by atoms with Crippen LogP contribution in [0.1, 0.15) is 29.5 Å². The third-order valence-electron chi connectivity index (χ3n) is 4.62. The Morgan fingerprint density at radius 1 is 1.00 bits per heavy atom. The van der Waals surface area contributed by atoms with Gasteiger partial charge in [-0.3, -0.25) is 9.10 Å². The molecule has 5 nitrogen and oxygen atoms in total. The average Bonchev–Trinajstić information content (AvgIpc) is 2.61. The van der Waals surface area contributed by atoms with E-state index in [9.17, 15) is 13.2 Å². The molecule has 0 aliphatic heterocycles. The second-order valence-electron chi connectivity index (χ2n) is 6.94. The molecule has 0 N–H and O–H groups in total. The number of carbonyl (C=O) groups excluding carboxylic acids is 1. The molecule has 0 radical (unpaired) electrons. The van der Waals surface area contributed by atoms with Gasteiger partial charge in [-0.25, -0.2) is 8.42 Å². The monoisotopic (exact) mass is 388 g/mol. The number of amides is 1. The van der Waals surface area contributed by atoms with Crippen LogP contribution in [0.15, 0.2) is 48.5 Å². The lowest BCUT2D eigenvalue weighted by Gasteiger charge is -2.24. The maximum atomic E-state index is 12.4. The van der Waals surface area contributed by atoms with Crippen molar-refractivity contribution in [1.82, 2.24) is 4.90 Å². The minimum absolute atomic E-state index is 0.00684. The molecule has 0 saturated carbocycles. The maximum Gasteiger partial charge on any atom is 0.232 e. The maximum absolute atomic E-state index is 12.4. The van der Waals surface area contributed by atoms with Crippen LogP contribution >= 0.6 is 0 Å². The minimum atomic E-state index is -3.41. The Morgan fingerprint density at radius 2 is 1.67 bits per heavy atom. The third-order valence-corrected chi connectivity index (χ3v) is 5.81. The van der Waals surface area contributed by atoms with Crippen molar-refractivity contribution in [3.63, 3.8) is 0 Å². The zero-order chi connectivity index (χ0) is 20.0. The second-order valence-corrected chi connectivity index (χ2v) is 8.85. The summed E-state index contributed by atoms with van der Waals surface area (Å²) in [6.45, 7) is 4.78. The van der Waals surface area contributed by atoms with Gasteiger partial charge in [0.2, 0.25) is 15.9 Å². The van der Waals surface area contributed by atoms with Crippen LogP contribution in [0.2, 0.25) is 0 Å². The van der Waals surface area contributed by atoms with E-state index >= 15 is 0 Å². The van der Waals surface area contributed by atoms with Crippen molar-refractivity contribution in [2.24, 2.45) is 0 Å². The van der Waals surface area contributed by atoms with Gasteiger partial charge in [0.05, 0.1) is 11.9 Å². The molecule has 0 heterocycles. The number of carbonyl (C=O) groups is 1. The van der Waals surface area contributed by atoms with E-state index in [0.717, 1.165) is 16.7 Å². The van der Waals surface area contributed by atoms with Crippen molar-refractivity contribution in [3.05, 3.63) is 65.2 Å². The lowest BCUT2D eigenvalue weighted by Crippen LogP contribution is -2.32. The molecular weight excluding hydrogens is 360 g/mol. The first kappa shape index (κ1) is 21.0. The third kappa shape index (κ3) is 6.10. The normalized spacial score (nSPS) is 11.3. The molecule has 2 aromatic rings. The van der Waals surface area contributed by atoms with Gasteiger partial charge in [0.15, 0.2) is 0 Å². The van der Waals surface area contributed by atoms with E-state index in [1.165, 1.54) is 10.6 Å². The molecule has 146 valence electrons. The molecule has 2 rings (SSSR count). The second kappa shape index (κ2) is 9.04. The van der Waals surface area contributed by atoms with E-state index in [2.05, 4.69) is 0 Å². The Morgan fingerprint density at radius 3 is 2.26 bits per heavy atom. The molecule has 0 fully saturated rings. The largest absolute Gasteiger partial charge is 0.341 e. The molecule has 0 aliphatic carbocycles. The average molecular weight is 389 g/mol. The Hall–Kier alpha value is -2.34. The zero-order valence-corrected chi connectivity index (χ0v) is 17.3. The van der Waals surface area contributed by atoms with Crippen molar-refractivity contribution in [3.8, 4) is 0 Å². The van der Waals surface area contributed by atoms with Crippen molar-refractivity contribution in [2.45, 2.75) is 33.2 Å². The van der Waals surface area contributed by atoms with E-state index in [-0.39, 0.29) is 12.5 Å². The quantitative estimate of drug-likeness (QED) is 0.695. The number of hydrogen-bond donors (Lipinski definition) is 0. The zero-order valence-electron chi connectivity index (χ0n) is 16.5. The Bertz CT molecular complexity index is 880. The number of anilines is 1. The number of benzene rings is 2. The summed E-state index contributed by atoms with van der Waals surface area (Å²) in [4.78, 5) is 14.0. The topological polar surface area (TPSA) is 57.7 Å². The lowest BCUT2D eigenvalue weighted by atomic mass is 10.1. The predicted molar refractivity (Wildman–Crippen MR) is 110 cm³/mol. The van der Waals surface area contributed by atoms with E-state index in [1.54, 1.807) is 11.9 Å². The summed E-state index contributed by atoms with van der Waals surface area (Å²) >= 11 is 0. The Kier molecular flexibility index (Phi) is 7.02. The van der Waals surface area contributed by atoms with Gasteiger partial charge in [0, 0.05) is 26.6 Å². The first-order chi connectivity index (χ1) is 12.7. The summed E-state index contributed by atoms with van der Waals surface area (Å²) in [6.07, 6.45) is 1.98. The van der Waals surface area contributed by atoms with Crippen LogP contribution in [-0.4, -0.2) is 39.1 Å². The molecule has 27 heavy (non-hydrogen) atoms. The molecule has 0 aromatic heterocycles. The number of nitrogens with zero attached hydrogens (tertiary/aromatic N) is 2. The van der Waals surface area contributed by atoms with Gasteiger partial charge in [-0.05, 0) is 49.1 Å². The van der Waals surface area contributed by atoms with E-state index < -0.39 is 10.0 Å². The van der Waals surface area contributed by atoms with Gasteiger partial charge >= 0.3 is 0 Å². The minimum Gasteiger partial charge on any atom is -0.341 e. The van der Waals surface area contributed by atoms with E-state index in [0.29, 0.717) is 25.1 Å². The van der Waals surface area contributed by atoms with Crippen LogP contribution in [-0.2, 0) is 21.4 Å².